The maximum absolute atomic E-state index is 5.65. The lowest BCUT2D eigenvalue weighted by Gasteiger charge is -2.33. The number of aromatic nitrogens is 1. The Morgan fingerprint density at radius 2 is 2.21 bits per heavy atom. The molecule has 0 amide bonds. The molecular weight excluding hydrogens is 198 g/mol. The molecule has 1 aliphatic rings. The fourth-order valence-electron chi connectivity index (χ4n) is 1.77. The van der Waals surface area contributed by atoms with E-state index in [0.717, 1.165) is 36.8 Å². The SMILES string of the molecule is COC1(c2nc(C)cs2)CCOCC1. The Labute approximate surface area is 88.1 Å². The second-order valence-corrected chi connectivity index (χ2v) is 4.46. The molecule has 0 atom stereocenters. The van der Waals surface area contributed by atoms with Crippen LogP contribution in [0.1, 0.15) is 23.5 Å². The van der Waals surface area contributed by atoms with Gasteiger partial charge in [-0.05, 0) is 6.92 Å². The van der Waals surface area contributed by atoms with E-state index in [9.17, 15) is 0 Å². The number of hydrogen-bond donors (Lipinski definition) is 0. The maximum atomic E-state index is 5.65. The quantitative estimate of drug-likeness (QED) is 0.754. The van der Waals surface area contributed by atoms with Gasteiger partial charge in [0.15, 0.2) is 0 Å². The Balaban J connectivity index is 2.26. The third-order valence-corrected chi connectivity index (χ3v) is 3.85. The van der Waals surface area contributed by atoms with Crippen LogP contribution in [0.25, 0.3) is 0 Å². The van der Waals surface area contributed by atoms with Crippen LogP contribution in [-0.4, -0.2) is 25.3 Å². The van der Waals surface area contributed by atoms with Crippen molar-refractivity contribution in [2.24, 2.45) is 0 Å². The van der Waals surface area contributed by atoms with Gasteiger partial charge in [-0.1, -0.05) is 0 Å². The van der Waals surface area contributed by atoms with Gasteiger partial charge in [0.05, 0.1) is 0 Å². The number of aryl methyl sites for hydroxylation is 1. The fourth-order valence-corrected chi connectivity index (χ4v) is 2.80. The molecule has 1 aliphatic heterocycles. The van der Waals surface area contributed by atoms with Crippen LogP contribution < -0.4 is 0 Å². The van der Waals surface area contributed by atoms with Crippen molar-refractivity contribution in [1.82, 2.24) is 4.98 Å². The summed E-state index contributed by atoms with van der Waals surface area (Å²) in [7, 11) is 1.77. The van der Waals surface area contributed by atoms with Gasteiger partial charge in [0.2, 0.25) is 0 Å². The molecule has 2 heterocycles. The van der Waals surface area contributed by atoms with Crippen LogP contribution in [0.4, 0.5) is 0 Å². The molecular formula is C10H15NO2S. The smallest absolute Gasteiger partial charge is 0.125 e. The Bertz CT molecular complexity index is 305. The molecule has 78 valence electrons. The standard InChI is InChI=1S/C10H15NO2S/c1-8-7-14-9(11-8)10(12-2)3-5-13-6-4-10/h7H,3-6H2,1-2H3. The zero-order valence-corrected chi connectivity index (χ0v) is 9.39. The highest BCUT2D eigenvalue weighted by molar-refractivity contribution is 7.09. The molecule has 1 fully saturated rings. The van der Waals surface area contributed by atoms with Crippen LogP contribution >= 0.6 is 11.3 Å². The Morgan fingerprint density at radius 3 is 2.71 bits per heavy atom. The van der Waals surface area contributed by atoms with Crippen LogP contribution in [-0.2, 0) is 15.1 Å². The van der Waals surface area contributed by atoms with Gasteiger partial charge in [-0.25, -0.2) is 4.98 Å². The Kier molecular flexibility index (Phi) is 2.85. The van der Waals surface area contributed by atoms with Crippen molar-refractivity contribution >= 4 is 11.3 Å². The summed E-state index contributed by atoms with van der Waals surface area (Å²) in [5, 5.41) is 3.17. The predicted octanol–water partition coefficient (Wildman–Crippen LogP) is 2.10. The van der Waals surface area contributed by atoms with Crippen molar-refractivity contribution in [2.45, 2.75) is 25.4 Å². The average Bonchev–Trinajstić information content (AvgIpc) is 2.66. The van der Waals surface area contributed by atoms with E-state index in [-0.39, 0.29) is 5.60 Å². The molecule has 1 aromatic heterocycles. The molecule has 1 saturated heterocycles. The molecule has 0 bridgehead atoms. The van der Waals surface area contributed by atoms with Gasteiger partial charge in [0.1, 0.15) is 10.6 Å². The largest absolute Gasteiger partial charge is 0.381 e. The molecule has 3 nitrogen and oxygen atoms in total. The van der Waals surface area contributed by atoms with E-state index in [0.29, 0.717) is 0 Å². The summed E-state index contributed by atoms with van der Waals surface area (Å²) >= 11 is 1.69. The molecule has 0 spiro atoms. The first-order chi connectivity index (χ1) is 6.77. The van der Waals surface area contributed by atoms with Gasteiger partial charge in [-0.15, -0.1) is 11.3 Å². The van der Waals surface area contributed by atoms with E-state index in [1.807, 2.05) is 6.92 Å². The molecule has 4 heteroatoms. The summed E-state index contributed by atoms with van der Waals surface area (Å²) in [4.78, 5) is 4.52. The number of thiazole rings is 1. The van der Waals surface area contributed by atoms with E-state index in [2.05, 4.69) is 10.4 Å². The number of ether oxygens (including phenoxy) is 2. The van der Waals surface area contributed by atoms with Gasteiger partial charge >= 0.3 is 0 Å². The third kappa shape index (κ3) is 1.69. The van der Waals surface area contributed by atoms with E-state index in [1.165, 1.54) is 0 Å². The highest BCUT2D eigenvalue weighted by Crippen LogP contribution is 2.36. The minimum atomic E-state index is -0.183. The lowest BCUT2D eigenvalue weighted by atomic mass is 9.95. The highest BCUT2D eigenvalue weighted by atomic mass is 32.1. The average molecular weight is 213 g/mol. The van der Waals surface area contributed by atoms with Gasteiger partial charge in [-0.3, -0.25) is 0 Å². The van der Waals surface area contributed by atoms with Crippen molar-refractivity contribution in [3.05, 3.63) is 16.1 Å². The second-order valence-electron chi connectivity index (χ2n) is 3.60. The third-order valence-electron chi connectivity index (χ3n) is 2.70. The molecule has 2 rings (SSSR count). The van der Waals surface area contributed by atoms with Crippen LogP contribution in [0.15, 0.2) is 5.38 Å². The monoisotopic (exact) mass is 213 g/mol. The summed E-state index contributed by atoms with van der Waals surface area (Å²) in [5.74, 6) is 0. The van der Waals surface area contributed by atoms with Crippen LogP contribution in [0.2, 0.25) is 0 Å². The van der Waals surface area contributed by atoms with Gasteiger partial charge in [-0.2, -0.15) is 0 Å². The number of rotatable bonds is 2. The van der Waals surface area contributed by atoms with E-state index < -0.39 is 0 Å². The van der Waals surface area contributed by atoms with Gasteiger partial charge in [0.25, 0.3) is 0 Å². The lowest BCUT2D eigenvalue weighted by Crippen LogP contribution is -2.35. The van der Waals surface area contributed by atoms with Crippen LogP contribution in [0.3, 0.4) is 0 Å². The lowest BCUT2D eigenvalue weighted by molar-refractivity contribution is -0.0948. The molecule has 0 N–H and O–H groups in total. The van der Waals surface area contributed by atoms with Crippen LogP contribution in [0, 0.1) is 6.92 Å². The summed E-state index contributed by atoms with van der Waals surface area (Å²) in [6.07, 6.45) is 1.83. The predicted molar refractivity (Wildman–Crippen MR) is 55.6 cm³/mol. The maximum Gasteiger partial charge on any atom is 0.125 e. The zero-order valence-electron chi connectivity index (χ0n) is 8.58. The highest BCUT2D eigenvalue weighted by Gasteiger charge is 2.36. The summed E-state index contributed by atoms with van der Waals surface area (Å²) in [6, 6.07) is 0. The minimum Gasteiger partial charge on any atom is -0.381 e. The van der Waals surface area contributed by atoms with Gasteiger partial charge < -0.3 is 9.47 Å². The number of nitrogens with zero attached hydrogens (tertiary/aromatic N) is 1. The molecule has 14 heavy (non-hydrogen) atoms. The Hall–Kier alpha value is -0.450. The van der Waals surface area contributed by atoms with Crippen molar-refractivity contribution in [3.63, 3.8) is 0 Å². The molecule has 0 unspecified atom stereocenters. The summed E-state index contributed by atoms with van der Waals surface area (Å²) < 4.78 is 11.0. The van der Waals surface area contributed by atoms with Crippen molar-refractivity contribution in [1.29, 1.82) is 0 Å². The molecule has 0 aromatic carbocycles. The first-order valence-electron chi connectivity index (χ1n) is 4.82. The molecule has 1 aromatic rings. The first-order valence-corrected chi connectivity index (χ1v) is 5.70. The first kappa shape index (κ1) is 10.1. The topological polar surface area (TPSA) is 31.4 Å². The van der Waals surface area contributed by atoms with Crippen molar-refractivity contribution in [3.8, 4) is 0 Å². The Morgan fingerprint density at radius 1 is 1.50 bits per heavy atom. The second kappa shape index (κ2) is 3.96. The van der Waals surface area contributed by atoms with Crippen molar-refractivity contribution in [2.75, 3.05) is 20.3 Å². The fraction of sp³-hybridized carbons (Fsp3) is 0.700. The number of hydrogen-bond acceptors (Lipinski definition) is 4. The van der Waals surface area contributed by atoms with E-state index >= 15 is 0 Å². The van der Waals surface area contributed by atoms with E-state index in [1.54, 1.807) is 18.4 Å². The van der Waals surface area contributed by atoms with Crippen LogP contribution in [0.5, 0.6) is 0 Å². The summed E-state index contributed by atoms with van der Waals surface area (Å²) in [6.45, 7) is 3.56. The van der Waals surface area contributed by atoms with E-state index in [4.69, 9.17) is 9.47 Å². The molecule has 0 aliphatic carbocycles. The zero-order chi connectivity index (χ0) is 10.0. The minimum absolute atomic E-state index is 0.183. The summed E-state index contributed by atoms with van der Waals surface area (Å²) in [5.41, 5.74) is 0.893. The normalized spacial score (nSPS) is 21.0. The van der Waals surface area contributed by atoms with Gasteiger partial charge in [0, 0.05) is 44.2 Å². The number of methoxy groups -OCH3 is 1. The molecule has 0 radical (unpaired) electrons. The van der Waals surface area contributed by atoms with Crippen molar-refractivity contribution < 1.29 is 9.47 Å². The molecule has 0 saturated carbocycles.